The van der Waals surface area contributed by atoms with Gasteiger partial charge in [0.15, 0.2) is 5.43 Å². The lowest BCUT2D eigenvalue weighted by Gasteiger charge is -2.11. The molecule has 4 nitrogen and oxygen atoms in total. The highest BCUT2D eigenvalue weighted by molar-refractivity contribution is 5.86. The third kappa shape index (κ3) is 3.63. The summed E-state index contributed by atoms with van der Waals surface area (Å²) in [5.74, 6) is 1.44. The highest BCUT2D eigenvalue weighted by Crippen LogP contribution is 2.32. The topological polar surface area (TPSA) is 48.7 Å². The van der Waals surface area contributed by atoms with Crippen molar-refractivity contribution in [1.29, 1.82) is 0 Å². The van der Waals surface area contributed by atoms with Gasteiger partial charge in [-0.3, -0.25) is 4.79 Å². The second kappa shape index (κ2) is 7.53. The Morgan fingerprint density at radius 3 is 2.40 bits per heavy atom. The zero-order chi connectivity index (χ0) is 17.6. The van der Waals surface area contributed by atoms with E-state index in [1.165, 1.54) is 6.07 Å². The fourth-order valence-corrected chi connectivity index (χ4v) is 2.47. The molecule has 0 saturated heterocycles. The summed E-state index contributed by atoms with van der Waals surface area (Å²) in [6.07, 6.45) is 3.26. The summed E-state index contributed by atoms with van der Waals surface area (Å²) in [6.45, 7) is 7.89. The van der Waals surface area contributed by atoms with Gasteiger partial charge in [-0.2, -0.15) is 0 Å². The fourth-order valence-electron chi connectivity index (χ4n) is 2.47. The van der Waals surface area contributed by atoms with E-state index in [0.717, 1.165) is 5.56 Å². The Hall–Kier alpha value is -3.27. The van der Waals surface area contributed by atoms with Crippen LogP contribution in [0.15, 0.2) is 83.1 Å². The lowest BCUT2D eigenvalue weighted by Crippen LogP contribution is -2.05. The van der Waals surface area contributed by atoms with Crippen molar-refractivity contribution in [3.05, 3.63) is 84.1 Å². The molecule has 4 heteroatoms. The Morgan fingerprint density at radius 2 is 1.68 bits per heavy atom. The first-order chi connectivity index (χ1) is 12.2. The molecule has 0 radical (unpaired) electrons. The van der Waals surface area contributed by atoms with Crippen molar-refractivity contribution in [3.8, 4) is 22.8 Å². The van der Waals surface area contributed by atoms with Gasteiger partial charge in [0.05, 0.1) is 0 Å². The summed E-state index contributed by atoms with van der Waals surface area (Å²) >= 11 is 0. The molecule has 1 aromatic heterocycles. The van der Waals surface area contributed by atoms with Gasteiger partial charge in [0.2, 0.25) is 0 Å². The Bertz CT molecular complexity index is 955. The summed E-state index contributed by atoms with van der Waals surface area (Å²) in [5.41, 5.74) is 1.06. The zero-order valence-electron chi connectivity index (χ0n) is 13.7. The van der Waals surface area contributed by atoms with Crippen molar-refractivity contribution >= 4 is 11.0 Å². The van der Waals surface area contributed by atoms with Gasteiger partial charge in [-0.1, -0.05) is 55.6 Å². The van der Waals surface area contributed by atoms with Gasteiger partial charge in [-0.15, -0.1) is 0 Å². The van der Waals surface area contributed by atoms with Gasteiger partial charge in [0.25, 0.3) is 0 Å². The van der Waals surface area contributed by atoms with Crippen molar-refractivity contribution in [3.63, 3.8) is 0 Å². The lowest BCUT2D eigenvalue weighted by atomic mass is 10.1. The number of ether oxygens (including phenoxy) is 2. The summed E-state index contributed by atoms with van der Waals surface area (Å²) < 4.78 is 17.2. The van der Waals surface area contributed by atoms with Crippen molar-refractivity contribution in [2.75, 3.05) is 13.2 Å². The molecule has 3 aromatic rings. The van der Waals surface area contributed by atoms with Crippen molar-refractivity contribution in [2.24, 2.45) is 0 Å². The molecule has 126 valence electrons. The molecule has 1 heterocycles. The summed E-state index contributed by atoms with van der Waals surface area (Å²) in [7, 11) is 0. The third-order valence-corrected chi connectivity index (χ3v) is 3.55. The van der Waals surface area contributed by atoms with E-state index in [9.17, 15) is 4.79 Å². The Kier molecular flexibility index (Phi) is 5.00. The minimum absolute atomic E-state index is 0.172. The number of fused-ring (bicyclic) bond motifs is 1. The van der Waals surface area contributed by atoms with E-state index >= 15 is 0 Å². The quantitative estimate of drug-likeness (QED) is 0.593. The van der Waals surface area contributed by atoms with Gasteiger partial charge in [-0.05, 0) is 0 Å². The van der Waals surface area contributed by atoms with E-state index in [0.29, 0.717) is 34.8 Å². The van der Waals surface area contributed by atoms with Crippen LogP contribution in [0.25, 0.3) is 22.3 Å². The van der Waals surface area contributed by atoms with Crippen LogP contribution in [0, 0.1) is 0 Å². The zero-order valence-corrected chi connectivity index (χ0v) is 13.7. The molecule has 0 N–H and O–H groups in total. The smallest absolute Gasteiger partial charge is 0.197 e. The van der Waals surface area contributed by atoms with Crippen LogP contribution in [-0.4, -0.2) is 13.2 Å². The van der Waals surface area contributed by atoms with E-state index in [1.54, 1.807) is 24.3 Å². The molecule has 0 amide bonds. The monoisotopic (exact) mass is 334 g/mol. The number of benzene rings is 2. The van der Waals surface area contributed by atoms with Crippen LogP contribution in [0.2, 0.25) is 0 Å². The molecular weight excluding hydrogens is 316 g/mol. The second-order valence-electron chi connectivity index (χ2n) is 5.33. The van der Waals surface area contributed by atoms with Crippen molar-refractivity contribution < 1.29 is 13.9 Å². The molecule has 0 saturated carbocycles. The van der Waals surface area contributed by atoms with Gasteiger partial charge >= 0.3 is 0 Å². The summed E-state index contributed by atoms with van der Waals surface area (Å²) in [6, 6.07) is 14.3. The van der Waals surface area contributed by atoms with E-state index in [1.807, 2.05) is 30.3 Å². The molecule has 0 bridgehead atoms. The lowest BCUT2D eigenvalue weighted by molar-refractivity contribution is 0.347. The van der Waals surface area contributed by atoms with Gasteiger partial charge in [0, 0.05) is 23.8 Å². The first-order valence-corrected chi connectivity index (χ1v) is 7.87. The third-order valence-electron chi connectivity index (χ3n) is 3.55. The molecule has 25 heavy (non-hydrogen) atoms. The molecule has 2 aromatic carbocycles. The number of hydrogen-bond donors (Lipinski definition) is 0. The molecular formula is C21H18O4. The van der Waals surface area contributed by atoms with E-state index < -0.39 is 0 Å². The van der Waals surface area contributed by atoms with Crippen LogP contribution >= 0.6 is 0 Å². The van der Waals surface area contributed by atoms with E-state index in [4.69, 9.17) is 13.9 Å². The molecule has 0 aliphatic carbocycles. The molecule has 3 rings (SSSR count). The van der Waals surface area contributed by atoms with Crippen LogP contribution in [0.4, 0.5) is 0 Å². The number of hydrogen-bond acceptors (Lipinski definition) is 4. The first kappa shape index (κ1) is 16.6. The van der Waals surface area contributed by atoms with Gasteiger partial charge in [-0.25, -0.2) is 0 Å². The van der Waals surface area contributed by atoms with Crippen LogP contribution in [0.5, 0.6) is 11.5 Å². The minimum Gasteiger partial charge on any atom is -0.489 e. The SMILES string of the molecule is C=CCOc1cc(OCC=C)c2c(=O)cc(-c3ccccc3)oc2c1. The second-order valence-corrected chi connectivity index (χ2v) is 5.33. The summed E-state index contributed by atoms with van der Waals surface area (Å²) in [5, 5.41) is 0.382. The molecule has 0 unspecified atom stereocenters. The predicted octanol–water partition coefficient (Wildman–Crippen LogP) is 4.59. The van der Waals surface area contributed by atoms with Gasteiger partial charge in [0.1, 0.15) is 41.4 Å². The maximum Gasteiger partial charge on any atom is 0.197 e. The van der Waals surface area contributed by atoms with Crippen LogP contribution in [0.3, 0.4) is 0 Å². The van der Waals surface area contributed by atoms with Crippen molar-refractivity contribution in [2.45, 2.75) is 0 Å². The summed E-state index contributed by atoms with van der Waals surface area (Å²) in [4.78, 5) is 12.7. The fraction of sp³-hybridized carbons (Fsp3) is 0.0952. The maximum atomic E-state index is 12.7. The predicted molar refractivity (Wildman–Crippen MR) is 99.3 cm³/mol. The standard InChI is InChI=1S/C21H18O4/c1-3-10-23-16-12-19(24-11-4-2)21-17(22)14-18(25-20(21)13-16)15-8-6-5-7-9-15/h3-9,12-14H,1-2,10-11H2. The highest BCUT2D eigenvalue weighted by Gasteiger charge is 2.14. The molecule has 0 spiro atoms. The van der Waals surface area contributed by atoms with E-state index in [2.05, 4.69) is 13.2 Å². The van der Waals surface area contributed by atoms with Crippen LogP contribution < -0.4 is 14.9 Å². The van der Waals surface area contributed by atoms with Crippen LogP contribution in [-0.2, 0) is 0 Å². The van der Waals surface area contributed by atoms with E-state index in [-0.39, 0.29) is 12.0 Å². The minimum atomic E-state index is -0.172. The molecule has 0 fully saturated rings. The van der Waals surface area contributed by atoms with Gasteiger partial charge < -0.3 is 13.9 Å². The molecule has 0 atom stereocenters. The Labute approximate surface area is 145 Å². The highest BCUT2D eigenvalue weighted by atomic mass is 16.5. The average molecular weight is 334 g/mol. The number of rotatable bonds is 7. The largest absolute Gasteiger partial charge is 0.489 e. The average Bonchev–Trinajstić information content (AvgIpc) is 2.64. The molecule has 0 aliphatic heterocycles. The Morgan fingerprint density at radius 1 is 0.960 bits per heavy atom. The van der Waals surface area contributed by atoms with Crippen LogP contribution in [0.1, 0.15) is 0 Å². The normalized spacial score (nSPS) is 10.4. The molecule has 0 aliphatic rings. The first-order valence-electron chi connectivity index (χ1n) is 7.87. The maximum absolute atomic E-state index is 12.7. The van der Waals surface area contributed by atoms with Crippen molar-refractivity contribution in [1.82, 2.24) is 0 Å². The Balaban J connectivity index is 2.18.